The van der Waals surface area contributed by atoms with E-state index in [1.165, 1.54) is 6.07 Å². The minimum absolute atomic E-state index is 0.0690. The Kier molecular flexibility index (Phi) is 5.17. The standard InChI is InChI=1S/C25H31N3O4S/c1-24(2,28-33(31,32)20-7-3-5-16-6-4-8-27-22(16)20)21(29)11-19-17-9-15-10-18(19)14-25(12-15,13-17)23(26)30/h3-8,15,17-19,28H,9-14H2,1-2H3,(H2,26,30). The fourth-order valence-corrected chi connectivity index (χ4v) is 8.55. The monoisotopic (exact) mass is 469 g/mol. The van der Waals surface area contributed by atoms with Crippen LogP contribution in [0.5, 0.6) is 0 Å². The van der Waals surface area contributed by atoms with Crippen LogP contribution < -0.4 is 10.5 Å². The van der Waals surface area contributed by atoms with E-state index in [9.17, 15) is 18.0 Å². The van der Waals surface area contributed by atoms with Gasteiger partial charge in [-0.3, -0.25) is 14.6 Å². The minimum atomic E-state index is -3.97. The third-order valence-corrected chi connectivity index (χ3v) is 10.1. The molecule has 3 N–H and O–H groups in total. The average Bonchev–Trinajstić information content (AvgIpc) is 2.74. The molecule has 0 aliphatic heterocycles. The summed E-state index contributed by atoms with van der Waals surface area (Å²) >= 11 is 0. The molecule has 0 radical (unpaired) electrons. The van der Waals surface area contributed by atoms with Crippen molar-refractivity contribution in [2.45, 2.75) is 62.8 Å². The molecule has 7 nitrogen and oxygen atoms in total. The van der Waals surface area contributed by atoms with Crippen molar-refractivity contribution in [1.29, 1.82) is 0 Å². The summed E-state index contributed by atoms with van der Waals surface area (Å²) in [6.45, 7) is 3.26. The number of fused-ring (bicyclic) bond motifs is 1. The molecule has 4 fully saturated rings. The highest BCUT2D eigenvalue weighted by Gasteiger charge is 2.58. The molecular weight excluding hydrogens is 438 g/mol. The number of sulfonamides is 1. The smallest absolute Gasteiger partial charge is 0.243 e. The molecule has 176 valence electrons. The molecule has 4 aliphatic carbocycles. The molecule has 4 aliphatic rings. The molecule has 1 aromatic carbocycles. The second kappa shape index (κ2) is 7.60. The molecule has 6 rings (SSSR count). The Balaban J connectivity index is 1.34. The number of amides is 1. The molecular formula is C25H31N3O4S. The number of nitrogens with two attached hydrogens (primary N) is 1. The number of aromatic nitrogens is 1. The number of pyridine rings is 1. The number of nitrogens with zero attached hydrogens (tertiary/aromatic N) is 1. The van der Waals surface area contributed by atoms with Crippen molar-refractivity contribution in [2.24, 2.45) is 34.8 Å². The van der Waals surface area contributed by atoms with E-state index >= 15 is 0 Å². The van der Waals surface area contributed by atoms with Crippen LogP contribution in [0.15, 0.2) is 41.4 Å². The number of para-hydroxylation sites is 1. The van der Waals surface area contributed by atoms with Gasteiger partial charge in [0.1, 0.15) is 4.90 Å². The van der Waals surface area contributed by atoms with Crippen molar-refractivity contribution in [3.05, 3.63) is 36.5 Å². The Morgan fingerprint density at radius 2 is 1.79 bits per heavy atom. The summed E-state index contributed by atoms with van der Waals surface area (Å²) in [5.74, 6) is 1.01. The number of rotatable bonds is 7. The summed E-state index contributed by atoms with van der Waals surface area (Å²) < 4.78 is 29.2. The van der Waals surface area contributed by atoms with E-state index in [1.54, 1.807) is 32.2 Å². The normalized spacial score (nSPS) is 31.1. The Labute approximate surface area is 194 Å². The van der Waals surface area contributed by atoms with E-state index in [0.717, 1.165) is 37.5 Å². The van der Waals surface area contributed by atoms with Crippen molar-refractivity contribution < 1.29 is 18.0 Å². The Morgan fingerprint density at radius 1 is 1.12 bits per heavy atom. The van der Waals surface area contributed by atoms with Crippen molar-refractivity contribution in [3.63, 3.8) is 0 Å². The zero-order valence-electron chi connectivity index (χ0n) is 19.1. The highest BCUT2D eigenvalue weighted by Crippen LogP contribution is 2.62. The lowest BCUT2D eigenvalue weighted by Crippen LogP contribution is -2.57. The fourth-order valence-electron chi connectivity index (χ4n) is 6.97. The van der Waals surface area contributed by atoms with Crippen molar-refractivity contribution in [2.75, 3.05) is 0 Å². The first kappa shape index (κ1) is 22.5. The molecule has 2 aromatic rings. The van der Waals surface area contributed by atoms with Crippen LogP contribution in [0.3, 0.4) is 0 Å². The molecule has 2 unspecified atom stereocenters. The number of carbonyl (C=O) groups is 2. The summed E-state index contributed by atoms with van der Waals surface area (Å²) in [7, 11) is -3.97. The lowest BCUT2D eigenvalue weighted by molar-refractivity contribution is -0.152. The number of hydrogen-bond acceptors (Lipinski definition) is 5. The van der Waals surface area contributed by atoms with Crippen LogP contribution in [0.4, 0.5) is 0 Å². The molecule has 0 spiro atoms. The number of hydrogen-bond donors (Lipinski definition) is 2. The van der Waals surface area contributed by atoms with Crippen LogP contribution in [0.1, 0.15) is 52.4 Å². The van der Waals surface area contributed by atoms with Crippen LogP contribution in [0, 0.1) is 29.1 Å². The van der Waals surface area contributed by atoms with Crippen molar-refractivity contribution >= 4 is 32.6 Å². The predicted molar refractivity (Wildman–Crippen MR) is 124 cm³/mol. The fraction of sp³-hybridized carbons (Fsp3) is 0.560. The number of carbonyl (C=O) groups excluding carboxylic acids is 2. The minimum Gasteiger partial charge on any atom is -0.369 e. The maximum atomic E-state index is 13.4. The summed E-state index contributed by atoms with van der Waals surface area (Å²) in [4.78, 5) is 29.9. The zero-order chi connectivity index (χ0) is 23.6. The number of primary amides is 1. The molecule has 4 saturated carbocycles. The first-order chi connectivity index (χ1) is 15.5. The zero-order valence-corrected chi connectivity index (χ0v) is 19.9. The highest BCUT2D eigenvalue weighted by atomic mass is 32.2. The van der Waals surface area contributed by atoms with Crippen LogP contribution >= 0.6 is 0 Å². The quantitative estimate of drug-likeness (QED) is 0.645. The van der Waals surface area contributed by atoms with Gasteiger partial charge in [-0.15, -0.1) is 0 Å². The number of benzene rings is 1. The van der Waals surface area contributed by atoms with Gasteiger partial charge in [0, 0.05) is 23.4 Å². The lowest BCUT2D eigenvalue weighted by atomic mass is 9.45. The van der Waals surface area contributed by atoms with Crippen LogP contribution in [0.2, 0.25) is 0 Å². The van der Waals surface area contributed by atoms with E-state index in [0.29, 0.717) is 29.7 Å². The molecule has 2 atom stereocenters. The van der Waals surface area contributed by atoms with Gasteiger partial charge in [-0.1, -0.05) is 18.2 Å². The second-order valence-electron chi connectivity index (χ2n) is 11.0. The maximum Gasteiger partial charge on any atom is 0.243 e. The number of nitrogens with one attached hydrogen (secondary N) is 1. The molecule has 0 saturated heterocycles. The summed E-state index contributed by atoms with van der Waals surface area (Å²) in [6, 6.07) is 8.56. The molecule has 1 amide bonds. The Bertz CT molecular complexity index is 1220. The van der Waals surface area contributed by atoms with Gasteiger partial charge >= 0.3 is 0 Å². The maximum absolute atomic E-state index is 13.4. The van der Waals surface area contributed by atoms with Gasteiger partial charge in [-0.05, 0) is 81.8 Å². The first-order valence-corrected chi connectivity index (χ1v) is 13.2. The van der Waals surface area contributed by atoms with Crippen molar-refractivity contribution in [3.8, 4) is 0 Å². The Hall–Kier alpha value is -2.32. The largest absolute Gasteiger partial charge is 0.369 e. The summed E-state index contributed by atoms with van der Waals surface area (Å²) in [6.07, 6.45) is 6.38. The van der Waals surface area contributed by atoms with Gasteiger partial charge in [0.15, 0.2) is 5.78 Å². The molecule has 1 aromatic heterocycles. The van der Waals surface area contributed by atoms with Gasteiger partial charge in [0.2, 0.25) is 15.9 Å². The van der Waals surface area contributed by atoms with Crippen LogP contribution in [-0.2, 0) is 19.6 Å². The molecule has 33 heavy (non-hydrogen) atoms. The average molecular weight is 470 g/mol. The second-order valence-corrected chi connectivity index (χ2v) is 12.6. The number of Topliss-reactive ketones (excluding diaryl/α,β-unsaturated/α-hetero) is 1. The molecule has 4 bridgehead atoms. The topological polar surface area (TPSA) is 119 Å². The highest BCUT2D eigenvalue weighted by molar-refractivity contribution is 7.89. The van der Waals surface area contributed by atoms with Crippen LogP contribution in [-0.4, -0.2) is 30.6 Å². The van der Waals surface area contributed by atoms with E-state index in [4.69, 9.17) is 5.73 Å². The lowest BCUT2D eigenvalue weighted by Gasteiger charge is -2.59. The van der Waals surface area contributed by atoms with Gasteiger partial charge in [0.25, 0.3) is 0 Å². The third-order valence-electron chi connectivity index (χ3n) is 8.38. The molecule has 8 heteroatoms. The van der Waals surface area contributed by atoms with Gasteiger partial charge in [0.05, 0.1) is 11.1 Å². The van der Waals surface area contributed by atoms with Crippen LogP contribution in [0.25, 0.3) is 10.9 Å². The van der Waals surface area contributed by atoms with Gasteiger partial charge in [-0.2, -0.15) is 4.72 Å². The van der Waals surface area contributed by atoms with E-state index < -0.39 is 21.0 Å². The Morgan fingerprint density at radius 3 is 2.45 bits per heavy atom. The van der Waals surface area contributed by atoms with E-state index in [2.05, 4.69) is 9.71 Å². The van der Waals surface area contributed by atoms with Crippen molar-refractivity contribution in [1.82, 2.24) is 9.71 Å². The van der Waals surface area contributed by atoms with Gasteiger partial charge < -0.3 is 5.73 Å². The SMILES string of the molecule is CC(C)(NS(=O)(=O)c1cccc2cccnc12)C(=O)CC1C2CC3CC1CC(C(N)=O)(C3)C2. The predicted octanol–water partition coefficient (Wildman–Crippen LogP) is 3.18. The van der Waals surface area contributed by atoms with Gasteiger partial charge in [-0.25, -0.2) is 8.42 Å². The summed E-state index contributed by atoms with van der Waals surface area (Å²) in [5, 5.41) is 0.724. The molecule has 1 heterocycles. The third kappa shape index (κ3) is 3.77. The van der Waals surface area contributed by atoms with E-state index in [-0.39, 0.29) is 22.5 Å². The summed E-state index contributed by atoms with van der Waals surface area (Å²) in [5.41, 5.74) is 4.51. The number of ketones is 1. The first-order valence-electron chi connectivity index (χ1n) is 11.7. The van der Waals surface area contributed by atoms with E-state index in [1.807, 2.05) is 12.1 Å².